The predicted octanol–water partition coefficient (Wildman–Crippen LogP) is 3.35. The minimum Gasteiger partial charge on any atom is -0.354 e. The van der Waals surface area contributed by atoms with Crippen LogP contribution in [0.25, 0.3) is 0 Å². The van der Waals surface area contributed by atoms with Gasteiger partial charge in [0, 0.05) is 18.3 Å². The van der Waals surface area contributed by atoms with Gasteiger partial charge in [0.25, 0.3) is 0 Å². The monoisotopic (exact) mass is 333 g/mol. The van der Waals surface area contributed by atoms with Crippen LogP contribution in [-0.4, -0.2) is 42.0 Å². The molecule has 0 saturated heterocycles. The molecule has 1 aliphatic heterocycles. The molecular formula is C16H26F3N3O. The van der Waals surface area contributed by atoms with Crippen molar-refractivity contribution in [1.29, 1.82) is 0 Å². The third-order valence-corrected chi connectivity index (χ3v) is 4.01. The van der Waals surface area contributed by atoms with E-state index in [1.807, 2.05) is 26.8 Å². The Labute approximate surface area is 135 Å². The van der Waals surface area contributed by atoms with Gasteiger partial charge >= 0.3 is 6.18 Å². The third kappa shape index (κ3) is 4.97. The molecule has 0 aromatic heterocycles. The molecule has 1 unspecified atom stereocenters. The van der Waals surface area contributed by atoms with Gasteiger partial charge in [-0.3, -0.25) is 4.79 Å². The lowest BCUT2D eigenvalue weighted by Crippen LogP contribution is -2.49. The van der Waals surface area contributed by atoms with Gasteiger partial charge in [-0.1, -0.05) is 13.8 Å². The Kier molecular flexibility index (Phi) is 5.88. The number of aliphatic imine (C=N–C) groups is 1. The molecule has 0 saturated carbocycles. The Morgan fingerprint density at radius 3 is 2.39 bits per heavy atom. The summed E-state index contributed by atoms with van der Waals surface area (Å²) in [7, 11) is 0. The van der Waals surface area contributed by atoms with Crippen LogP contribution in [0, 0.1) is 11.3 Å². The highest BCUT2D eigenvalue weighted by molar-refractivity contribution is 5.88. The summed E-state index contributed by atoms with van der Waals surface area (Å²) in [6.45, 7) is 9.51. The molecule has 0 bridgehead atoms. The van der Waals surface area contributed by atoms with Crippen molar-refractivity contribution in [3.63, 3.8) is 0 Å². The number of hydrogen-bond donors (Lipinski definition) is 1. The molecule has 1 amide bonds. The lowest BCUT2D eigenvalue weighted by Gasteiger charge is -2.33. The first-order valence-corrected chi connectivity index (χ1v) is 7.72. The number of carbonyl (C=O) groups is 1. The number of alkyl halides is 3. The molecule has 1 aliphatic rings. The van der Waals surface area contributed by atoms with Crippen molar-refractivity contribution in [2.24, 2.45) is 16.3 Å². The van der Waals surface area contributed by atoms with Crippen LogP contribution in [0.4, 0.5) is 13.2 Å². The topological polar surface area (TPSA) is 44.7 Å². The molecule has 1 rings (SSSR count). The molecule has 1 heterocycles. The second-order valence-corrected chi connectivity index (χ2v) is 6.93. The van der Waals surface area contributed by atoms with E-state index in [0.717, 1.165) is 19.5 Å². The van der Waals surface area contributed by atoms with Gasteiger partial charge in [-0.05, 0) is 39.7 Å². The van der Waals surface area contributed by atoms with Crippen molar-refractivity contribution < 1.29 is 18.0 Å². The zero-order chi connectivity index (χ0) is 18.0. The number of nitrogens with one attached hydrogen (secondary N) is 1. The van der Waals surface area contributed by atoms with Crippen molar-refractivity contribution in [2.75, 3.05) is 13.1 Å². The number of hydrogen-bond acceptors (Lipinski definition) is 3. The predicted molar refractivity (Wildman–Crippen MR) is 85.0 cm³/mol. The zero-order valence-electron chi connectivity index (χ0n) is 14.6. The maximum absolute atomic E-state index is 12.8. The fraction of sp³-hybridized carbons (Fsp3) is 0.750. The van der Waals surface area contributed by atoms with Crippen molar-refractivity contribution >= 4 is 11.7 Å². The number of amides is 1. The van der Waals surface area contributed by atoms with Crippen LogP contribution in [-0.2, 0) is 4.79 Å². The number of allylic oxidation sites excluding steroid dienone is 1. The van der Waals surface area contributed by atoms with E-state index in [9.17, 15) is 18.0 Å². The molecule has 1 atom stereocenters. The lowest BCUT2D eigenvalue weighted by molar-refractivity contribution is -0.209. The number of halogens is 3. The fourth-order valence-electron chi connectivity index (χ4n) is 2.13. The van der Waals surface area contributed by atoms with Crippen LogP contribution < -0.4 is 5.32 Å². The molecule has 0 aromatic carbocycles. The van der Waals surface area contributed by atoms with Crippen LogP contribution >= 0.6 is 0 Å². The summed E-state index contributed by atoms with van der Waals surface area (Å²) in [5.41, 5.74) is -0.992. The van der Waals surface area contributed by atoms with Crippen LogP contribution in [0.15, 0.2) is 16.8 Å². The quantitative estimate of drug-likeness (QED) is 0.838. The summed E-state index contributed by atoms with van der Waals surface area (Å²) >= 11 is 0. The molecule has 132 valence electrons. The second-order valence-electron chi connectivity index (χ2n) is 6.93. The summed E-state index contributed by atoms with van der Waals surface area (Å²) in [5.74, 6) is 0.551. The number of nitrogens with zero attached hydrogens (tertiary/aromatic N) is 2. The summed E-state index contributed by atoms with van der Waals surface area (Å²) < 4.78 is 38.4. The Balaban J connectivity index is 2.64. The van der Waals surface area contributed by atoms with Gasteiger partial charge < -0.3 is 10.2 Å². The van der Waals surface area contributed by atoms with Crippen molar-refractivity contribution in [1.82, 2.24) is 10.2 Å². The van der Waals surface area contributed by atoms with Gasteiger partial charge in [0.2, 0.25) is 5.91 Å². The minimum absolute atomic E-state index is 0.00763. The van der Waals surface area contributed by atoms with Gasteiger partial charge in [-0.25, -0.2) is 4.99 Å². The molecule has 0 fully saturated rings. The Morgan fingerprint density at radius 2 is 1.96 bits per heavy atom. The normalized spacial score (nSPS) is 19.6. The van der Waals surface area contributed by atoms with Crippen LogP contribution in [0.1, 0.15) is 41.5 Å². The Morgan fingerprint density at radius 1 is 1.39 bits per heavy atom. The molecule has 23 heavy (non-hydrogen) atoms. The summed E-state index contributed by atoms with van der Waals surface area (Å²) in [5, 5.41) is 2.38. The third-order valence-electron chi connectivity index (χ3n) is 4.01. The molecule has 0 radical (unpaired) electrons. The molecule has 4 nitrogen and oxygen atoms in total. The van der Waals surface area contributed by atoms with Gasteiger partial charge in [-0.2, -0.15) is 13.2 Å². The van der Waals surface area contributed by atoms with Crippen LogP contribution in [0.5, 0.6) is 0 Å². The van der Waals surface area contributed by atoms with Gasteiger partial charge in [0.1, 0.15) is 5.84 Å². The maximum Gasteiger partial charge on any atom is 0.395 e. The lowest BCUT2D eigenvalue weighted by atomic mass is 9.93. The van der Waals surface area contributed by atoms with E-state index >= 15 is 0 Å². The highest BCUT2D eigenvalue weighted by Gasteiger charge is 2.47. The van der Waals surface area contributed by atoms with Gasteiger partial charge in [0.15, 0.2) is 0 Å². The van der Waals surface area contributed by atoms with Crippen LogP contribution in [0.2, 0.25) is 0 Å². The fourth-order valence-corrected chi connectivity index (χ4v) is 2.13. The molecular weight excluding hydrogens is 307 g/mol. The molecule has 0 aliphatic carbocycles. The largest absolute Gasteiger partial charge is 0.395 e. The molecule has 7 heteroatoms. The SMILES string of the molecule is CC1=NC(C(C)C)=CC(C)N1CC(=O)NCC(C)(C)C(F)(F)F. The smallest absolute Gasteiger partial charge is 0.354 e. The van der Waals surface area contributed by atoms with Crippen LogP contribution in [0.3, 0.4) is 0 Å². The summed E-state index contributed by atoms with van der Waals surface area (Å²) in [6, 6.07) is -0.0220. The molecule has 1 N–H and O–H groups in total. The van der Waals surface area contributed by atoms with Crippen molar-refractivity contribution in [2.45, 2.75) is 53.8 Å². The number of amidine groups is 1. The Bertz CT molecular complexity index is 507. The zero-order valence-corrected chi connectivity index (χ0v) is 14.6. The number of carbonyl (C=O) groups excluding carboxylic acids is 1. The first-order chi connectivity index (χ1) is 10.3. The minimum atomic E-state index is -4.36. The van der Waals surface area contributed by atoms with E-state index in [-0.39, 0.29) is 18.5 Å². The second kappa shape index (κ2) is 6.93. The van der Waals surface area contributed by atoms with Gasteiger partial charge in [0.05, 0.1) is 12.0 Å². The average molecular weight is 333 g/mol. The Hall–Kier alpha value is -1.53. The first-order valence-electron chi connectivity index (χ1n) is 7.72. The van der Waals surface area contributed by atoms with E-state index in [4.69, 9.17) is 0 Å². The van der Waals surface area contributed by atoms with E-state index in [0.29, 0.717) is 5.84 Å². The van der Waals surface area contributed by atoms with E-state index in [1.54, 1.807) is 11.8 Å². The standard InChI is InChI=1S/C16H26F3N3O/c1-10(2)13-7-11(3)22(12(4)21-13)8-14(23)20-9-15(5,6)16(17,18)19/h7,10-11H,8-9H2,1-6H3,(H,20,23). The molecule has 0 aromatic rings. The van der Waals surface area contributed by atoms with E-state index in [2.05, 4.69) is 10.3 Å². The van der Waals surface area contributed by atoms with E-state index < -0.39 is 24.0 Å². The molecule has 0 spiro atoms. The summed E-state index contributed by atoms with van der Waals surface area (Å²) in [6.07, 6.45) is -2.38. The maximum atomic E-state index is 12.8. The van der Waals surface area contributed by atoms with Crippen molar-refractivity contribution in [3.8, 4) is 0 Å². The van der Waals surface area contributed by atoms with Gasteiger partial charge in [-0.15, -0.1) is 0 Å². The highest BCUT2D eigenvalue weighted by atomic mass is 19.4. The first kappa shape index (κ1) is 19.5. The number of rotatable bonds is 5. The summed E-state index contributed by atoms with van der Waals surface area (Å²) in [4.78, 5) is 18.2. The highest BCUT2D eigenvalue weighted by Crippen LogP contribution is 2.36. The van der Waals surface area contributed by atoms with E-state index in [1.165, 1.54) is 0 Å². The average Bonchev–Trinajstić information content (AvgIpc) is 2.39. The van der Waals surface area contributed by atoms with Crippen molar-refractivity contribution in [3.05, 3.63) is 11.8 Å².